The number of aliphatic hydroxyl groups is 2. The van der Waals surface area contributed by atoms with Crippen molar-refractivity contribution in [3.05, 3.63) is 0 Å². The molecule has 1 aliphatic rings. The second-order valence-electron chi connectivity index (χ2n) is 4.81. The lowest BCUT2D eigenvalue weighted by Gasteiger charge is -2.27. The molecule has 0 aromatic carbocycles. The standard InChI is InChI=1S/C12H25NO3/c1-10-3-2-4-12(7-10)16-9-11(15)8-13-5-6-14/h10-15H,2-9H2,1H3. The summed E-state index contributed by atoms with van der Waals surface area (Å²) in [6, 6.07) is 0. The zero-order valence-corrected chi connectivity index (χ0v) is 10.2. The summed E-state index contributed by atoms with van der Waals surface area (Å²) in [5.74, 6) is 0.753. The Bertz CT molecular complexity index is 178. The van der Waals surface area contributed by atoms with Crippen molar-refractivity contribution in [3.63, 3.8) is 0 Å². The van der Waals surface area contributed by atoms with Crippen molar-refractivity contribution in [3.8, 4) is 0 Å². The topological polar surface area (TPSA) is 61.7 Å². The highest BCUT2D eigenvalue weighted by Crippen LogP contribution is 2.25. The molecule has 96 valence electrons. The highest BCUT2D eigenvalue weighted by atomic mass is 16.5. The fraction of sp³-hybridized carbons (Fsp3) is 1.00. The molecule has 1 fully saturated rings. The van der Waals surface area contributed by atoms with Crippen LogP contribution in [0.3, 0.4) is 0 Å². The Hall–Kier alpha value is -0.160. The van der Waals surface area contributed by atoms with Crippen LogP contribution in [0.15, 0.2) is 0 Å². The summed E-state index contributed by atoms with van der Waals surface area (Å²) in [6.45, 7) is 3.78. The van der Waals surface area contributed by atoms with E-state index in [2.05, 4.69) is 12.2 Å². The molecule has 4 nitrogen and oxygen atoms in total. The van der Waals surface area contributed by atoms with Crippen LogP contribution in [0, 0.1) is 5.92 Å². The van der Waals surface area contributed by atoms with Crippen LogP contribution in [0.2, 0.25) is 0 Å². The van der Waals surface area contributed by atoms with Crippen molar-refractivity contribution in [1.82, 2.24) is 5.32 Å². The number of ether oxygens (including phenoxy) is 1. The molecule has 4 heteroatoms. The number of hydrogen-bond donors (Lipinski definition) is 3. The summed E-state index contributed by atoms with van der Waals surface area (Å²) in [5.41, 5.74) is 0. The van der Waals surface area contributed by atoms with Crippen LogP contribution in [0.4, 0.5) is 0 Å². The van der Waals surface area contributed by atoms with Gasteiger partial charge in [-0.15, -0.1) is 0 Å². The Morgan fingerprint density at radius 1 is 1.44 bits per heavy atom. The van der Waals surface area contributed by atoms with Crippen molar-refractivity contribution in [2.45, 2.75) is 44.8 Å². The Morgan fingerprint density at radius 2 is 2.25 bits per heavy atom. The van der Waals surface area contributed by atoms with Gasteiger partial charge in [0.25, 0.3) is 0 Å². The largest absolute Gasteiger partial charge is 0.395 e. The Balaban J connectivity index is 2.04. The van der Waals surface area contributed by atoms with E-state index >= 15 is 0 Å². The van der Waals surface area contributed by atoms with Crippen LogP contribution in [0.1, 0.15) is 32.6 Å². The maximum absolute atomic E-state index is 9.60. The van der Waals surface area contributed by atoms with Crippen LogP contribution in [0.25, 0.3) is 0 Å². The van der Waals surface area contributed by atoms with Gasteiger partial charge in [0, 0.05) is 13.1 Å². The van der Waals surface area contributed by atoms with Gasteiger partial charge in [0.05, 0.1) is 25.4 Å². The van der Waals surface area contributed by atoms with Crippen molar-refractivity contribution in [2.24, 2.45) is 5.92 Å². The molecule has 3 N–H and O–H groups in total. The van der Waals surface area contributed by atoms with Crippen LogP contribution in [-0.4, -0.2) is 48.7 Å². The average Bonchev–Trinajstić information content (AvgIpc) is 2.27. The fourth-order valence-corrected chi connectivity index (χ4v) is 2.18. The molecule has 0 bridgehead atoms. The molecule has 16 heavy (non-hydrogen) atoms. The SMILES string of the molecule is CC1CCCC(OCC(O)CNCCO)C1. The minimum atomic E-state index is -0.469. The first kappa shape index (κ1) is 13.9. The third-order valence-corrected chi connectivity index (χ3v) is 3.08. The van der Waals surface area contributed by atoms with E-state index in [-0.39, 0.29) is 6.61 Å². The van der Waals surface area contributed by atoms with E-state index in [1.807, 2.05) is 0 Å². The molecule has 0 aromatic heterocycles. The molecule has 0 saturated heterocycles. The Kier molecular flexibility index (Phi) is 6.96. The quantitative estimate of drug-likeness (QED) is 0.559. The number of hydrogen-bond acceptors (Lipinski definition) is 4. The summed E-state index contributed by atoms with van der Waals surface area (Å²) in [4.78, 5) is 0. The average molecular weight is 231 g/mol. The van der Waals surface area contributed by atoms with E-state index in [4.69, 9.17) is 9.84 Å². The number of rotatable bonds is 7. The van der Waals surface area contributed by atoms with Crippen LogP contribution < -0.4 is 5.32 Å². The van der Waals surface area contributed by atoms with Gasteiger partial charge >= 0.3 is 0 Å². The monoisotopic (exact) mass is 231 g/mol. The van der Waals surface area contributed by atoms with Gasteiger partial charge in [0.15, 0.2) is 0 Å². The molecular weight excluding hydrogens is 206 g/mol. The van der Waals surface area contributed by atoms with E-state index < -0.39 is 6.10 Å². The van der Waals surface area contributed by atoms with Crippen molar-refractivity contribution < 1.29 is 14.9 Å². The zero-order valence-electron chi connectivity index (χ0n) is 10.2. The molecule has 0 amide bonds. The van der Waals surface area contributed by atoms with Gasteiger partial charge in [-0.3, -0.25) is 0 Å². The fourth-order valence-electron chi connectivity index (χ4n) is 2.18. The van der Waals surface area contributed by atoms with Crippen LogP contribution >= 0.6 is 0 Å². The molecule has 1 aliphatic carbocycles. The maximum Gasteiger partial charge on any atom is 0.0897 e. The van der Waals surface area contributed by atoms with Gasteiger partial charge in [-0.2, -0.15) is 0 Å². The summed E-state index contributed by atoms with van der Waals surface area (Å²) in [7, 11) is 0. The van der Waals surface area contributed by atoms with E-state index in [9.17, 15) is 5.11 Å². The zero-order chi connectivity index (χ0) is 11.8. The molecule has 1 saturated carbocycles. The molecule has 3 unspecified atom stereocenters. The lowest BCUT2D eigenvalue weighted by atomic mass is 9.89. The first-order chi connectivity index (χ1) is 7.72. The third-order valence-electron chi connectivity index (χ3n) is 3.08. The minimum absolute atomic E-state index is 0.105. The third kappa shape index (κ3) is 5.80. The van der Waals surface area contributed by atoms with Gasteiger partial charge in [0.1, 0.15) is 0 Å². The second kappa shape index (κ2) is 8.01. The maximum atomic E-state index is 9.60. The molecule has 0 radical (unpaired) electrons. The predicted octanol–water partition coefficient (Wildman–Crippen LogP) is 0.524. The molecule has 0 spiro atoms. The normalized spacial score (nSPS) is 27.9. The van der Waals surface area contributed by atoms with Gasteiger partial charge in [-0.05, 0) is 18.8 Å². The lowest BCUT2D eigenvalue weighted by Crippen LogP contribution is -2.34. The number of nitrogens with one attached hydrogen (secondary N) is 1. The minimum Gasteiger partial charge on any atom is -0.395 e. The second-order valence-corrected chi connectivity index (χ2v) is 4.81. The van der Waals surface area contributed by atoms with Crippen molar-refractivity contribution in [2.75, 3.05) is 26.3 Å². The summed E-state index contributed by atoms with van der Waals surface area (Å²) in [5, 5.41) is 21.1. The summed E-state index contributed by atoms with van der Waals surface area (Å²) < 4.78 is 5.69. The number of aliphatic hydroxyl groups excluding tert-OH is 2. The first-order valence-electron chi connectivity index (χ1n) is 6.33. The molecule has 0 aromatic rings. The smallest absolute Gasteiger partial charge is 0.0897 e. The van der Waals surface area contributed by atoms with E-state index in [1.54, 1.807) is 0 Å². The van der Waals surface area contributed by atoms with Crippen LogP contribution in [0.5, 0.6) is 0 Å². The Morgan fingerprint density at radius 3 is 2.94 bits per heavy atom. The molecule has 0 aliphatic heterocycles. The predicted molar refractivity (Wildman–Crippen MR) is 63.3 cm³/mol. The Labute approximate surface area is 98.0 Å². The van der Waals surface area contributed by atoms with Crippen LogP contribution in [-0.2, 0) is 4.74 Å². The summed E-state index contributed by atoms with van der Waals surface area (Å²) >= 11 is 0. The highest BCUT2D eigenvalue weighted by Gasteiger charge is 2.20. The molecule has 1 rings (SSSR count). The first-order valence-corrected chi connectivity index (χ1v) is 6.33. The van der Waals surface area contributed by atoms with E-state index in [0.29, 0.717) is 25.8 Å². The van der Waals surface area contributed by atoms with Gasteiger partial charge < -0.3 is 20.3 Å². The highest BCUT2D eigenvalue weighted by molar-refractivity contribution is 4.71. The molecular formula is C12H25NO3. The van der Waals surface area contributed by atoms with E-state index in [0.717, 1.165) is 18.8 Å². The van der Waals surface area contributed by atoms with Gasteiger partial charge in [0.2, 0.25) is 0 Å². The van der Waals surface area contributed by atoms with Crippen molar-refractivity contribution in [1.29, 1.82) is 0 Å². The molecule has 0 heterocycles. The van der Waals surface area contributed by atoms with E-state index in [1.165, 1.54) is 12.8 Å². The van der Waals surface area contributed by atoms with Crippen molar-refractivity contribution >= 4 is 0 Å². The summed E-state index contributed by atoms with van der Waals surface area (Å²) in [6.07, 6.45) is 4.66. The lowest BCUT2D eigenvalue weighted by molar-refractivity contribution is -0.0307. The van der Waals surface area contributed by atoms with Gasteiger partial charge in [-0.25, -0.2) is 0 Å². The van der Waals surface area contributed by atoms with Gasteiger partial charge in [-0.1, -0.05) is 19.8 Å². The molecule has 3 atom stereocenters.